The Hall–Kier alpha value is -3.14. The molecule has 2 heterocycles. The second kappa shape index (κ2) is 9.38. The van der Waals surface area contributed by atoms with E-state index >= 15 is 0 Å². The highest BCUT2D eigenvalue weighted by Gasteiger charge is 2.21. The number of hydrogen-bond donors (Lipinski definition) is 1. The fraction of sp³-hybridized carbons (Fsp3) is 0.379. The molecule has 2 aromatic carbocycles. The third-order valence-electron chi connectivity index (χ3n) is 7.22. The van der Waals surface area contributed by atoms with E-state index < -0.39 is 0 Å². The van der Waals surface area contributed by atoms with Crippen molar-refractivity contribution in [2.45, 2.75) is 58.9 Å². The molecule has 1 unspecified atom stereocenters. The largest absolute Gasteiger partial charge is 0.355 e. The minimum atomic E-state index is 0.170. The SMILES string of the molecule is Cc1ccc(-c2ccc(-c3cn4c(n3)CCC(CNC(=O)CC3=CCCC3)C4)cc2)cc1C. The van der Waals surface area contributed by atoms with Gasteiger partial charge in [0, 0.05) is 37.7 Å². The summed E-state index contributed by atoms with van der Waals surface area (Å²) in [6.45, 7) is 5.99. The number of hydrogen-bond acceptors (Lipinski definition) is 2. The van der Waals surface area contributed by atoms with Crippen LogP contribution in [0.4, 0.5) is 0 Å². The number of fused-ring (bicyclic) bond motifs is 1. The second-order valence-corrected chi connectivity index (χ2v) is 9.71. The smallest absolute Gasteiger partial charge is 0.224 e. The zero-order chi connectivity index (χ0) is 22.8. The van der Waals surface area contributed by atoms with E-state index in [1.807, 2.05) is 0 Å². The van der Waals surface area contributed by atoms with Gasteiger partial charge in [-0.05, 0) is 67.7 Å². The number of aryl methyl sites for hydroxylation is 3. The summed E-state index contributed by atoms with van der Waals surface area (Å²) in [6, 6.07) is 15.4. The van der Waals surface area contributed by atoms with Crippen LogP contribution in [0, 0.1) is 19.8 Å². The fourth-order valence-electron chi connectivity index (χ4n) is 5.00. The number of benzene rings is 2. The first-order chi connectivity index (χ1) is 16.0. The summed E-state index contributed by atoms with van der Waals surface area (Å²) >= 11 is 0. The number of amides is 1. The van der Waals surface area contributed by atoms with E-state index in [9.17, 15) is 4.79 Å². The molecule has 5 rings (SSSR count). The summed E-state index contributed by atoms with van der Waals surface area (Å²) in [4.78, 5) is 17.2. The number of nitrogens with zero attached hydrogens (tertiary/aromatic N) is 2. The van der Waals surface area contributed by atoms with Crippen molar-refractivity contribution in [3.05, 3.63) is 77.3 Å². The van der Waals surface area contributed by atoms with E-state index in [0.29, 0.717) is 12.3 Å². The van der Waals surface area contributed by atoms with Crippen LogP contribution < -0.4 is 5.32 Å². The minimum absolute atomic E-state index is 0.170. The van der Waals surface area contributed by atoms with Crippen molar-refractivity contribution in [2.75, 3.05) is 6.54 Å². The third kappa shape index (κ3) is 4.95. The Morgan fingerprint density at radius 3 is 2.58 bits per heavy atom. The van der Waals surface area contributed by atoms with E-state index in [1.54, 1.807) is 0 Å². The second-order valence-electron chi connectivity index (χ2n) is 9.71. The number of rotatable bonds is 6. The molecule has 1 atom stereocenters. The van der Waals surface area contributed by atoms with Gasteiger partial charge < -0.3 is 9.88 Å². The van der Waals surface area contributed by atoms with Gasteiger partial charge in [0.15, 0.2) is 0 Å². The number of allylic oxidation sites excluding steroid dienone is 1. The molecule has 0 fully saturated rings. The topological polar surface area (TPSA) is 46.9 Å². The fourth-order valence-corrected chi connectivity index (χ4v) is 5.00. The lowest BCUT2D eigenvalue weighted by Crippen LogP contribution is -2.33. The molecule has 4 heteroatoms. The van der Waals surface area contributed by atoms with Crippen molar-refractivity contribution >= 4 is 5.91 Å². The maximum atomic E-state index is 12.3. The Morgan fingerprint density at radius 2 is 1.82 bits per heavy atom. The zero-order valence-electron chi connectivity index (χ0n) is 19.7. The molecule has 4 nitrogen and oxygen atoms in total. The van der Waals surface area contributed by atoms with Gasteiger partial charge in [0.2, 0.25) is 5.91 Å². The quantitative estimate of drug-likeness (QED) is 0.478. The van der Waals surface area contributed by atoms with E-state index in [-0.39, 0.29) is 5.91 Å². The number of carbonyl (C=O) groups is 1. The van der Waals surface area contributed by atoms with Gasteiger partial charge in [-0.2, -0.15) is 0 Å². The first-order valence-corrected chi connectivity index (χ1v) is 12.2. The van der Waals surface area contributed by atoms with Gasteiger partial charge in [-0.1, -0.05) is 54.1 Å². The van der Waals surface area contributed by atoms with Crippen LogP contribution in [0.15, 0.2) is 60.3 Å². The summed E-state index contributed by atoms with van der Waals surface area (Å²) in [7, 11) is 0. The number of carbonyl (C=O) groups excluding carboxylic acids is 1. The predicted molar refractivity (Wildman–Crippen MR) is 134 cm³/mol. The number of imidazole rings is 1. The highest BCUT2D eigenvalue weighted by atomic mass is 16.1. The van der Waals surface area contributed by atoms with E-state index in [0.717, 1.165) is 55.9 Å². The van der Waals surface area contributed by atoms with Crippen molar-refractivity contribution in [3.63, 3.8) is 0 Å². The molecule has 1 aliphatic heterocycles. The van der Waals surface area contributed by atoms with Crippen molar-refractivity contribution in [1.82, 2.24) is 14.9 Å². The van der Waals surface area contributed by atoms with Gasteiger partial charge in [-0.15, -0.1) is 0 Å². The third-order valence-corrected chi connectivity index (χ3v) is 7.22. The minimum Gasteiger partial charge on any atom is -0.355 e. The normalized spacial score (nSPS) is 17.5. The molecule has 0 saturated heterocycles. The van der Waals surface area contributed by atoms with Gasteiger partial charge >= 0.3 is 0 Å². The standard InChI is InChI=1S/C29H33N3O/c1-20-7-9-26(15-21(20)2)24-10-12-25(13-11-24)27-19-32-18-23(8-14-28(32)31-27)17-30-29(33)16-22-5-3-4-6-22/h5,7,9-13,15,19,23H,3-4,6,8,14,16-18H2,1-2H3,(H,30,33). The van der Waals surface area contributed by atoms with Crippen LogP contribution in [0.2, 0.25) is 0 Å². The molecular weight excluding hydrogens is 406 g/mol. The lowest BCUT2D eigenvalue weighted by atomic mass is 9.99. The van der Waals surface area contributed by atoms with Crippen molar-refractivity contribution < 1.29 is 4.79 Å². The van der Waals surface area contributed by atoms with Crippen molar-refractivity contribution in [1.29, 1.82) is 0 Å². The molecule has 33 heavy (non-hydrogen) atoms. The summed E-state index contributed by atoms with van der Waals surface area (Å²) in [5.74, 6) is 1.79. The molecule has 0 saturated carbocycles. The first-order valence-electron chi connectivity index (χ1n) is 12.2. The van der Waals surface area contributed by atoms with Crippen LogP contribution in [0.5, 0.6) is 0 Å². The van der Waals surface area contributed by atoms with Crippen molar-refractivity contribution in [2.24, 2.45) is 5.92 Å². The van der Waals surface area contributed by atoms with Gasteiger partial charge in [0.1, 0.15) is 5.82 Å². The Labute approximate surface area is 196 Å². The van der Waals surface area contributed by atoms with Crippen LogP contribution in [0.3, 0.4) is 0 Å². The average Bonchev–Trinajstić information content (AvgIpc) is 3.49. The summed E-state index contributed by atoms with van der Waals surface area (Å²) in [6.07, 6.45) is 10.4. The van der Waals surface area contributed by atoms with Crippen LogP contribution in [-0.2, 0) is 17.8 Å². The Morgan fingerprint density at radius 1 is 1.03 bits per heavy atom. The van der Waals surface area contributed by atoms with E-state index in [1.165, 1.54) is 34.2 Å². The lowest BCUT2D eigenvalue weighted by Gasteiger charge is -2.23. The average molecular weight is 440 g/mol. The first kappa shape index (κ1) is 21.7. The Balaban J connectivity index is 1.21. The molecule has 0 radical (unpaired) electrons. The maximum absolute atomic E-state index is 12.3. The van der Waals surface area contributed by atoms with E-state index in [2.05, 4.69) is 78.5 Å². The highest BCUT2D eigenvalue weighted by molar-refractivity contribution is 5.78. The number of aromatic nitrogens is 2. The van der Waals surface area contributed by atoms with Gasteiger partial charge in [0.25, 0.3) is 0 Å². The van der Waals surface area contributed by atoms with E-state index in [4.69, 9.17) is 4.98 Å². The van der Waals surface area contributed by atoms with Crippen LogP contribution in [0.1, 0.15) is 49.1 Å². The van der Waals surface area contributed by atoms with Crippen molar-refractivity contribution in [3.8, 4) is 22.4 Å². The molecule has 0 spiro atoms. The number of nitrogens with one attached hydrogen (secondary N) is 1. The summed E-state index contributed by atoms with van der Waals surface area (Å²) in [5.41, 5.74) is 8.62. The molecule has 170 valence electrons. The molecule has 1 amide bonds. The van der Waals surface area contributed by atoms with Crippen LogP contribution in [-0.4, -0.2) is 22.0 Å². The molecule has 2 aliphatic rings. The molecular formula is C29H33N3O. The van der Waals surface area contributed by atoms with Gasteiger partial charge in [-0.3, -0.25) is 4.79 Å². The molecule has 3 aromatic rings. The Kier molecular flexibility index (Phi) is 6.17. The Bertz CT molecular complexity index is 1190. The summed E-state index contributed by atoms with van der Waals surface area (Å²) < 4.78 is 2.28. The molecule has 0 bridgehead atoms. The summed E-state index contributed by atoms with van der Waals surface area (Å²) in [5, 5.41) is 3.16. The molecule has 1 aliphatic carbocycles. The zero-order valence-corrected chi connectivity index (χ0v) is 19.7. The maximum Gasteiger partial charge on any atom is 0.224 e. The predicted octanol–water partition coefficient (Wildman–Crippen LogP) is 6.01. The van der Waals surface area contributed by atoms with Crippen LogP contribution >= 0.6 is 0 Å². The highest BCUT2D eigenvalue weighted by Crippen LogP contribution is 2.28. The van der Waals surface area contributed by atoms with Gasteiger partial charge in [0.05, 0.1) is 5.69 Å². The van der Waals surface area contributed by atoms with Crippen LogP contribution in [0.25, 0.3) is 22.4 Å². The van der Waals surface area contributed by atoms with Gasteiger partial charge in [-0.25, -0.2) is 4.98 Å². The lowest BCUT2D eigenvalue weighted by molar-refractivity contribution is -0.120. The monoisotopic (exact) mass is 439 g/mol. The molecule has 1 N–H and O–H groups in total. The molecule has 1 aromatic heterocycles.